The number of hydrogen-bond acceptors (Lipinski definition) is 3. The van der Waals surface area contributed by atoms with Crippen molar-refractivity contribution >= 4 is 11.8 Å². The SMILES string of the molecule is CCN(CC)CC#CCN1C(=O)C=CC1=O. The average Bonchev–Trinajstić information content (AvgIpc) is 2.60. The van der Waals surface area contributed by atoms with Gasteiger partial charge in [0.25, 0.3) is 11.8 Å². The van der Waals surface area contributed by atoms with Gasteiger partial charge in [0.1, 0.15) is 0 Å². The summed E-state index contributed by atoms with van der Waals surface area (Å²) in [4.78, 5) is 25.6. The molecule has 0 atom stereocenters. The van der Waals surface area contributed by atoms with Gasteiger partial charge in [-0.25, -0.2) is 0 Å². The van der Waals surface area contributed by atoms with Gasteiger partial charge in [0, 0.05) is 12.2 Å². The van der Waals surface area contributed by atoms with Crippen LogP contribution in [0.3, 0.4) is 0 Å². The zero-order chi connectivity index (χ0) is 12.0. The minimum atomic E-state index is -0.276. The first-order chi connectivity index (χ1) is 7.69. The predicted molar refractivity (Wildman–Crippen MR) is 61.4 cm³/mol. The summed E-state index contributed by atoms with van der Waals surface area (Å²) in [6.07, 6.45) is 2.54. The molecule has 0 fully saturated rings. The van der Waals surface area contributed by atoms with Crippen LogP contribution in [0.5, 0.6) is 0 Å². The van der Waals surface area contributed by atoms with Crippen LogP contribution in [0.25, 0.3) is 0 Å². The van der Waals surface area contributed by atoms with Crippen LogP contribution >= 0.6 is 0 Å². The van der Waals surface area contributed by atoms with Crippen molar-refractivity contribution in [3.8, 4) is 11.8 Å². The Hall–Kier alpha value is -1.60. The van der Waals surface area contributed by atoms with Gasteiger partial charge < -0.3 is 0 Å². The van der Waals surface area contributed by atoms with Gasteiger partial charge in [-0.1, -0.05) is 25.7 Å². The van der Waals surface area contributed by atoms with Crippen molar-refractivity contribution in [2.75, 3.05) is 26.2 Å². The van der Waals surface area contributed by atoms with Gasteiger partial charge >= 0.3 is 0 Å². The number of imide groups is 1. The highest BCUT2D eigenvalue weighted by Gasteiger charge is 2.21. The Bertz CT molecular complexity index is 341. The second-order valence-corrected chi connectivity index (χ2v) is 3.41. The maximum atomic E-state index is 11.2. The summed E-state index contributed by atoms with van der Waals surface area (Å²) in [6.45, 7) is 6.91. The zero-order valence-corrected chi connectivity index (χ0v) is 9.69. The Kier molecular flexibility index (Phi) is 4.74. The monoisotopic (exact) mass is 220 g/mol. The summed E-state index contributed by atoms with van der Waals surface area (Å²) in [6, 6.07) is 0. The van der Waals surface area contributed by atoms with Crippen LogP contribution in [0, 0.1) is 11.8 Å². The van der Waals surface area contributed by atoms with Crippen molar-refractivity contribution in [2.24, 2.45) is 0 Å². The second kappa shape index (κ2) is 6.09. The third kappa shape index (κ3) is 3.21. The molecule has 2 amide bonds. The molecule has 0 radical (unpaired) electrons. The molecular weight excluding hydrogens is 204 g/mol. The highest BCUT2D eigenvalue weighted by Crippen LogP contribution is 2.01. The number of rotatable bonds is 4. The molecule has 4 heteroatoms. The van der Waals surface area contributed by atoms with Crippen LogP contribution < -0.4 is 0 Å². The molecule has 0 bridgehead atoms. The smallest absolute Gasteiger partial charge is 0.254 e. The van der Waals surface area contributed by atoms with Gasteiger partial charge in [-0.05, 0) is 13.1 Å². The van der Waals surface area contributed by atoms with Gasteiger partial charge in [0.2, 0.25) is 0 Å². The Morgan fingerprint density at radius 3 is 2.19 bits per heavy atom. The summed E-state index contributed by atoms with van der Waals surface area (Å²) < 4.78 is 0. The molecular formula is C12H16N2O2. The quantitative estimate of drug-likeness (QED) is 0.504. The van der Waals surface area contributed by atoms with Gasteiger partial charge in [-0.3, -0.25) is 19.4 Å². The maximum absolute atomic E-state index is 11.2. The summed E-state index contributed by atoms with van der Waals surface area (Å²) in [5, 5.41) is 0. The summed E-state index contributed by atoms with van der Waals surface area (Å²) in [5.41, 5.74) is 0. The third-order valence-corrected chi connectivity index (χ3v) is 2.46. The van der Waals surface area contributed by atoms with Crippen molar-refractivity contribution < 1.29 is 9.59 Å². The Labute approximate surface area is 95.9 Å². The van der Waals surface area contributed by atoms with Crippen LogP contribution in [0.1, 0.15) is 13.8 Å². The lowest BCUT2D eigenvalue weighted by Crippen LogP contribution is -2.30. The molecule has 0 spiro atoms. The highest BCUT2D eigenvalue weighted by atomic mass is 16.2. The van der Waals surface area contributed by atoms with E-state index in [4.69, 9.17) is 0 Å². The van der Waals surface area contributed by atoms with Gasteiger partial charge in [0.05, 0.1) is 13.1 Å². The van der Waals surface area contributed by atoms with Crippen molar-refractivity contribution in [1.82, 2.24) is 9.80 Å². The standard InChI is InChI=1S/C12H16N2O2/c1-3-13(4-2)9-5-6-10-14-11(15)7-8-12(14)16/h7-8H,3-4,9-10H2,1-2H3. The van der Waals surface area contributed by atoms with E-state index < -0.39 is 0 Å². The normalized spacial score (nSPS) is 14.6. The van der Waals surface area contributed by atoms with Crippen molar-refractivity contribution in [1.29, 1.82) is 0 Å². The fraction of sp³-hybridized carbons (Fsp3) is 0.500. The molecule has 0 aromatic rings. The second-order valence-electron chi connectivity index (χ2n) is 3.41. The van der Waals surface area contributed by atoms with E-state index in [1.54, 1.807) is 0 Å². The zero-order valence-electron chi connectivity index (χ0n) is 9.69. The number of hydrogen-bond donors (Lipinski definition) is 0. The maximum Gasteiger partial charge on any atom is 0.254 e. The molecule has 0 aromatic carbocycles. The average molecular weight is 220 g/mol. The van der Waals surface area contributed by atoms with Crippen LogP contribution in [-0.2, 0) is 9.59 Å². The predicted octanol–water partition coefficient (Wildman–Crippen LogP) is 0.257. The fourth-order valence-electron chi connectivity index (χ4n) is 1.34. The topological polar surface area (TPSA) is 40.6 Å². The number of carbonyl (C=O) groups is 2. The fourth-order valence-corrected chi connectivity index (χ4v) is 1.34. The molecule has 1 aliphatic heterocycles. The number of amides is 2. The highest BCUT2D eigenvalue weighted by molar-refractivity contribution is 6.13. The van der Waals surface area contributed by atoms with Gasteiger partial charge in [0.15, 0.2) is 0 Å². The molecule has 4 nitrogen and oxygen atoms in total. The van der Waals surface area contributed by atoms with Crippen LogP contribution in [0.4, 0.5) is 0 Å². The molecule has 86 valence electrons. The van der Waals surface area contributed by atoms with Crippen molar-refractivity contribution in [2.45, 2.75) is 13.8 Å². The molecule has 0 N–H and O–H groups in total. The van der Waals surface area contributed by atoms with E-state index in [1.165, 1.54) is 12.2 Å². The first-order valence-electron chi connectivity index (χ1n) is 5.40. The first-order valence-corrected chi connectivity index (χ1v) is 5.40. The molecule has 1 rings (SSSR count). The Morgan fingerprint density at radius 1 is 1.12 bits per heavy atom. The van der Waals surface area contributed by atoms with E-state index in [0.717, 1.165) is 18.0 Å². The molecule has 0 saturated carbocycles. The summed E-state index contributed by atoms with van der Waals surface area (Å²) in [7, 11) is 0. The van der Waals surface area contributed by atoms with E-state index in [-0.39, 0.29) is 18.4 Å². The molecule has 1 heterocycles. The lowest BCUT2D eigenvalue weighted by molar-refractivity contribution is -0.135. The van der Waals surface area contributed by atoms with Crippen LogP contribution in [0.15, 0.2) is 12.2 Å². The Morgan fingerprint density at radius 2 is 1.69 bits per heavy atom. The summed E-state index contributed by atoms with van der Waals surface area (Å²) >= 11 is 0. The van der Waals surface area contributed by atoms with Crippen molar-refractivity contribution in [3.63, 3.8) is 0 Å². The number of nitrogens with zero attached hydrogens (tertiary/aromatic N) is 2. The molecule has 1 aliphatic rings. The molecule has 0 saturated heterocycles. The first kappa shape index (κ1) is 12.5. The third-order valence-electron chi connectivity index (χ3n) is 2.46. The van der Waals surface area contributed by atoms with E-state index in [9.17, 15) is 9.59 Å². The molecule has 0 unspecified atom stereocenters. The summed E-state index contributed by atoms with van der Waals surface area (Å²) in [5.74, 6) is 5.25. The van der Waals surface area contributed by atoms with E-state index in [2.05, 4.69) is 30.6 Å². The molecule has 16 heavy (non-hydrogen) atoms. The van der Waals surface area contributed by atoms with E-state index in [1.807, 2.05) is 0 Å². The largest absolute Gasteiger partial charge is 0.293 e. The lowest BCUT2D eigenvalue weighted by Gasteiger charge is -2.13. The van der Waals surface area contributed by atoms with Gasteiger partial charge in [-0.2, -0.15) is 0 Å². The lowest BCUT2D eigenvalue weighted by atomic mass is 10.4. The van der Waals surface area contributed by atoms with E-state index >= 15 is 0 Å². The Balaban J connectivity index is 2.37. The van der Waals surface area contributed by atoms with Gasteiger partial charge in [-0.15, -0.1) is 0 Å². The van der Waals surface area contributed by atoms with Crippen LogP contribution in [0.2, 0.25) is 0 Å². The van der Waals surface area contributed by atoms with E-state index in [0.29, 0.717) is 6.54 Å². The number of carbonyl (C=O) groups excluding carboxylic acids is 2. The molecule has 0 aromatic heterocycles. The molecule has 0 aliphatic carbocycles. The minimum Gasteiger partial charge on any atom is -0.293 e. The van der Waals surface area contributed by atoms with Crippen molar-refractivity contribution in [3.05, 3.63) is 12.2 Å². The minimum absolute atomic E-state index is 0.186. The van der Waals surface area contributed by atoms with Crippen LogP contribution in [-0.4, -0.2) is 47.8 Å².